The Kier molecular flexibility index (Phi) is 2.41. The number of halogens is 1. The Morgan fingerprint density at radius 1 is 1.43 bits per heavy atom. The molecule has 1 N–H and O–H groups in total. The molecular weight excluding hydrogens is 244 g/mol. The number of anilines is 1. The molecule has 0 amide bonds. The molecule has 0 atom stereocenters. The fraction of sp³-hybridized carbons (Fsp3) is 0.333. The molecule has 0 aliphatic carbocycles. The van der Waals surface area contributed by atoms with Crippen molar-refractivity contribution in [2.24, 2.45) is 0 Å². The van der Waals surface area contributed by atoms with Gasteiger partial charge < -0.3 is 5.32 Å². The van der Waals surface area contributed by atoms with Crippen LogP contribution in [-0.4, -0.2) is 20.6 Å². The summed E-state index contributed by atoms with van der Waals surface area (Å²) in [6, 6.07) is 4.24. The number of hydrogen-bond acceptors (Lipinski definition) is 3. The van der Waals surface area contributed by atoms with Crippen molar-refractivity contribution in [3.8, 4) is 0 Å². The van der Waals surface area contributed by atoms with Gasteiger partial charge in [-0.1, -0.05) is 0 Å². The average molecular weight is 255 g/mol. The molecule has 0 aromatic carbocycles. The summed E-state index contributed by atoms with van der Waals surface area (Å²) >= 11 is 3.38. The zero-order chi connectivity index (χ0) is 10.1. The molecule has 0 saturated carbocycles. The minimum absolute atomic E-state index is 0.377. The zero-order valence-electron chi connectivity index (χ0n) is 8.03. The van der Waals surface area contributed by atoms with E-state index in [2.05, 4.69) is 45.2 Å². The van der Waals surface area contributed by atoms with E-state index in [1.165, 1.54) is 0 Å². The van der Waals surface area contributed by atoms with Crippen molar-refractivity contribution >= 4 is 27.4 Å². The van der Waals surface area contributed by atoms with E-state index < -0.39 is 0 Å². The van der Waals surface area contributed by atoms with E-state index in [1.807, 2.05) is 12.1 Å². The van der Waals surface area contributed by atoms with E-state index >= 15 is 0 Å². The summed E-state index contributed by atoms with van der Waals surface area (Å²) < 4.78 is 2.62. The van der Waals surface area contributed by atoms with Crippen molar-refractivity contribution < 1.29 is 0 Å². The summed E-state index contributed by atoms with van der Waals surface area (Å²) in [4.78, 5) is 4.16. The molecule has 0 unspecified atom stereocenters. The molecule has 2 rings (SSSR count). The summed E-state index contributed by atoms with van der Waals surface area (Å²) in [6.07, 6.45) is 1.74. The van der Waals surface area contributed by atoms with Gasteiger partial charge in [0.15, 0.2) is 5.65 Å². The highest BCUT2D eigenvalue weighted by atomic mass is 79.9. The Balaban J connectivity index is 2.44. The largest absolute Gasteiger partial charge is 0.366 e. The fourth-order valence-corrected chi connectivity index (χ4v) is 1.58. The van der Waals surface area contributed by atoms with Gasteiger partial charge in [-0.25, -0.2) is 9.50 Å². The van der Waals surface area contributed by atoms with Crippen molar-refractivity contribution in [1.29, 1.82) is 0 Å². The van der Waals surface area contributed by atoms with Crippen LogP contribution in [-0.2, 0) is 0 Å². The molecule has 0 saturated heterocycles. The predicted octanol–water partition coefficient (Wildman–Crippen LogP) is 2.31. The van der Waals surface area contributed by atoms with E-state index in [4.69, 9.17) is 0 Å². The topological polar surface area (TPSA) is 42.2 Å². The van der Waals surface area contributed by atoms with Crippen LogP contribution < -0.4 is 5.32 Å². The Morgan fingerprint density at radius 2 is 2.21 bits per heavy atom. The number of nitrogens with one attached hydrogen (secondary N) is 1. The number of imidazole rings is 1. The number of hydrogen-bond donors (Lipinski definition) is 1. The summed E-state index contributed by atoms with van der Waals surface area (Å²) in [7, 11) is 0. The van der Waals surface area contributed by atoms with Crippen LogP contribution >= 0.6 is 15.9 Å². The van der Waals surface area contributed by atoms with Crippen LogP contribution in [0.15, 0.2) is 22.9 Å². The lowest BCUT2D eigenvalue weighted by atomic mass is 10.4. The van der Waals surface area contributed by atoms with Gasteiger partial charge in [0.2, 0.25) is 0 Å². The first-order valence-electron chi connectivity index (χ1n) is 4.43. The minimum atomic E-state index is 0.377. The first-order valence-corrected chi connectivity index (χ1v) is 5.23. The van der Waals surface area contributed by atoms with Gasteiger partial charge in [-0.2, -0.15) is 0 Å². The lowest BCUT2D eigenvalue weighted by Crippen LogP contribution is -2.12. The van der Waals surface area contributed by atoms with E-state index in [9.17, 15) is 0 Å². The monoisotopic (exact) mass is 254 g/mol. The lowest BCUT2D eigenvalue weighted by Gasteiger charge is -2.08. The standard InChI is InChI=1S/C9H11BrN4/c1-6(2)12-8-3-4-9-11-5-7(10)14(9)13-8/h3-6H,1-2H3,(H,12,13). The molecule has 2 heterocycles. The molecule has 2 aromatic rings. The Labute approximate surface area is 90.5 Å². The second-order valence-corrected chi connectivity index (χ2v) is 4.18. The number of aromatic nitrogens is 3. The minimum Gasteiger partial charge on any atom is -0.366 e. The molecule has 0 spiro atoms. The highest BCUT2D eigenvalue weighted by Gasteiger charge is 2.03. The van der Waals surface area contributed by atoms with Crippen LogP contribution in [0.25, 0.3) is 5.65 Å². The van der Waals surface area contributed by atoms with Gasteiger partial charge in [0.1, 0.15) is 10.4 Å². The normalized spacial score (nSPS) is 11.1. The quantitative estimate of drug-likeness (QED) is 0.895. The zero-order valence-corrected chi connectivity index (χ0v) is 9.62. The van der Waals surface area contributed by atoms with Crippen LogP contribution in [0, 0.1) is 0 Å². The second-order valence-electron chi connectivity index (χ2n) is 3.37. The van der Waals surface area contributed by atoms with E-state index in [-0.39, 0.29) is 0 Å². The third-order valence-corrected chi connectivity index (χ3v) is 2.30. The maximum Gasteiger partial charge on any atom is 0.154 e. The molecule has 0 fully saturated rings. The summed E-state index contributed by atoms with van der Waals surface area (Å²) in [5.41, 5.74) is 0.839. The predicted molar refractivity (Wildman–Crippen MR) is 59.4 cm³/mol. The third kappa shape index (κ3) is 1.72. The van der Waals surface area contributed by atoms with Gasteiger partial charge in [-0.3, -0.25) is 0 Å². The van der Waals surface area contributed by atoms with Crippen LogP contribution in [0.5, 0.6) is 0 Å². The van der Waals surface area contributed by atoms with Gasteiger partial charge in [-0.05, 0) is 41.9 Å². The number of fused-ring (bicyclic) bond motifs is 1. The molecule has 2 aromatic heterocycles. The van der Waals surface area contributed by atoms with Gasteiger partial charge in [0.05, 0.1) is 6.20 Å². The smallest absolute Gasteiger partial charge is 0.154 e. The van der Waals surface area contributed by atoms with Crippen LogP contribution in [0.3, 0.4) is 0 Å². The molecule has 5 heteroatoms. The first kappa shape index (κ1) is 9.45. The molecule has 4 nitrogen and oxygen atoms in total. The highest BCUT2D eigenvalue weighted by molar-refractivity contribution is 9.10. The summed E-state index contributed by atoms with van der Waals surface area (Å²) in [5, 5.41) is 7.60. The molecule has 0 aliphatic heterocycles. The van der Waals surface area contributed by atoms with Crippen LogP contribution in [0.1, 0.15) is 13.8 Å². The molecule has 14 heavy (non-hydrogen) atoms. The SMILES string of the molecule is CC(C)Nc1ccc2ncc(Br)n2n1. The van der Waals surface area contributed by atoms with Crippen molar-refractivity contribution in [3.05, 3.63) is 22.9 Å². The van der Waals surface area contributed by atoms with Crippen LogP contribution in [0.4, 0.5) is 5.82 Å². The van der Waals surface area contributed by atoms with Gasteiger partial charge in [0, 0.05) is 6.04 Å². The highest BCUT2D eigenvalue weighted by Crippen LogP contribution is 2.13. The van der Waals surface area contributed by atoms with Gasteiger partial charge >= 0.3 is 0 Å². The molecule has 0 bridgehead atoms. The maximum atomic E-state index is 4.37. The molecule has 0 aliphatic rings. The van der Waals surface area contributed by atoms with E-state index in [0.29, 0.717) is 6.04 Å². The Morgan fingerprint density at radius 3 is 2.93 bits per heavy atom. The number of nitrogens with zero attached hydrogens (tertiary/aromatic N) is 3. The molecule has 74 valence electrons. The molecular formula is C9H11BrN4. The third-order valence-electron chi connectivity index (χ3n) is 1.76. The fourth-order valence-electron chi connectivity index (χ4n) is 1.22. The number of rotatable bonds is 2. The first-order chi connectivity index (χ1) is 6.66. The second kappa shape index (κ2) is 3.57. The van der Waals surface area contributed by atoms with Crippen molar-refractivity contribution in [1.82, 2.24) is 14.6 Å². The Bertz CT molecular complexity index is 449. The van der Waals surface area contributed by atoms with Gasteiger partial charge in [0.25, 0.3) is 0 Å². The lowest BCUT2D eigenvalue weighted by molar-refractivity contribution is 0.851. The summed E-state index contributed by atoms with van der Waals surface area (Å²) in [5.74, 6) is 0.853. The van der Waals surface area contributed by atoms with Crippen LogP contribution in [0.2, 0.25) is 0 Å². The van der Waals surface area contributed by atoms with Crippen molar-refractivity contribution in [2.75, 3.05) is 5.32 Å². The Hall–Kier alpha value is -1.10. The van der Waals surface area contributed by atoms with Crippen molar-refractivity contribution in [3.63, 3.8) is 0 Å². The maximum absolute atomic E-state index is 4.37. The molecule has 0 radical (unpaired) electrons. The summed E-state index contributed by atoms with van der Waals surface area (Å²) in [6.45, 7) is 4.16. The van der Waals surface area contributed by atoms with Crippen molar-refractivity contribution in [2.45, 2.75) is 19.9 Å². The van der Waals surface area contributed by atoms with Gasteiger partial charge in [-0.15, -0.1) is 5.10 Å². The van der Waals surface area contributed by atoms with E-state index in [1.54, 1.807) is 10.7 Å². The average Bonchev–Trinajstić information content (AvgIpc) is 2.47. The van der Waals surface area contributed by atoms with E-state index in [0.717, 1.165) is 16.1 Å².